The number of benzene rings is 1. The predicted molar refractivity (Wildman–Crippen MR) is 122 cm³/mol. The van der Waals surface area contributed by atoms with Gasteiger partial charge in [-0.15, -0.1) is 5.10 Å². The zero-order valence-electron chi connectivity index (χ0n) is 18.8. The van der Waals surface area contributed by atoms with Crippen molar-refractivity contribution in [3.8, 4) is 5.75 Å². The normalized spacial score (nSPS) is 19.6. The van der Waals surface area contributed by atoms with Crippen LogP contribution < -0.4 is 10.3 Å². The number of nitrogens with one attached hydrogen (secondary N) is 1. The molecule has 32 heavy (non-hydrogen) atoms. The summed E-state index contributed by atoms with van der Waals surface area (Å²) in [5, 5.41) is 13.8. The molecule has 9 nitrogen and oxygen atoms in total. The number of aromatic amines is 1. The van der Waals surface area contributed by atoms with E-state index in [2.05, 4.69) is 37.4 Å². The molecule has 3 aromatic rings. The molecule has 1 atom stereocenters. The second-order valence-electron chi connectivity index (χ2n) is 8.90. The van der Waals surface area contributed by atoms with E-state index in [1.54, 1.807) is 0 Å². The molecule has 2 fully saturated rings. The summed E-state index contributed by atoms with van der Waals surface area (Å²) in [5.74, 6) is 1.57. The Morgan fingerprint density at radius 2 is 1.94 bits per heavy atom. The number of tetrazole rings is 1. The van der Waals surface area contributed by atoms with E-state index in [1.165, 1.54) is 12.8 Å². The highest BCUT2D eigenvalue weighted by molar-refractivity contribution is 5.80. The van der Waals surface area contributed by atoms with Gasteiger partial charge in [0.25, 0.3) is 5.56 Å². The Kier molecular flexibility index (Phi) is 5.93. The van der Waals surface area contributed by atoms with E-state index in [0.717, 1.165) is 61.5 Å². The van der Waals surface area contributed by atoms with Crippen molar-refractivity contribution in [3.63, 3.8) is 0 Å². The van der Waals surface area contributed by atoms with Gasteiger partial charge in [-0.05, 0) is 61.5 Å². The lowest BCUT2D eigenvalue weighted by molar-refractivity contribution is 0.120. The van der Waals surface area contributed by atoms with Crippen LogP contribution in [0, 0.1) is 0 Å². The molecule has 1 unspecified atom stereocenters. The maximum atomic E-state index is 13.3. The molecule has 170 valence electrons. The van der Waals surface area contributed by atoms with Crippen molar-refractivity contribution in [2.24, 2.45) is 0 Å². The first-order valence-corrected chi connectivity index (χ1v) is 11.6. The van der Waals surface area contributed by atoms with Gasteiger partial charge in [-0.3, -0.25) is 9.69 Å². The Bertz CT molecular complexity index is 1130. The molecular weight excluding hydrogens is 406 g/mol. The summed E-state index contributed by atoms with van der Waals surface area (Å²) < 4.78 is 7.67. The number of likely N-dealkylation sites (N-methyl/N-ethyl adjacent to an activating group) is 1. The van der Waals surface area contributed by atoms with Crippen LogP contribution in [0.3, 0.4) is 0 Å². The van der Waals surface area contributed by atoms with Gasteiger partial charge in [-0.2, -0.15) is 0 Å². The van der Waals surface area contributed by atoms with Crippen molar-refractivity contribution in [2.75, 3.05) is 39.8 Å². The zero-order valence-corrected chi connectivity index (χ0v) is 18.8. The maximum absolute atomic E-state index is 13.3. The van der Waals surface area contributed by atoms with Crippen LogP contribution in [0.25, 0.3) is 10.9 Å². The first-order chi connectivity index (χ1) is 15.6. The summed E-state index contributed by atoms with van der Waals surface area (Å²) in [7, 11) is 2.13. The summed E-state index contributed by atoms with van der Waals surface area (Å²) in [4.78, 5) is 21.1. The molecule has 9 heteroatoms. The molecule has 3 heterocycles. The maximum Gasteiger partial charge on any atom is 0.253 e. The molecule has 1 N–H and O–H groups in total. The average Bonchev–Trinajstić information content (AvgIpc) is 3.48. The first kappa shape index (κ1) is 21.1. The fourth-order valence-corrected chi connectivity index (χ4v) is 5.03. The Morgan fingerprint density at radius 1 is 1.16 bits per heavy atom. The minimum atomic E-state index is -0.289. The van der Waals surface area contributed by atoms with E-state index < -0.39 is 0 Å². The summed E-state index contributed by atoms with van der Waals surface area (Å²) in [6, 6.07) is 7.79. The molecule has 1 saturated heterocycles. The van der Waals surface area contributed by atoms with Crippen LogP contribution >= 0.6 is 0 Å². The van der Waals surface area contributed by atoms with Gasteiger partial charge in [-0.1, -0.05) is 12.8 Å². The number of nitrogens with zero attached hydrogens (tertiary/aromatic N) is 6. The summed E-state index contributed by atoms with van der Waals surface area (Å²) in [5.41, 5.74) is 1.39. The van der Waals surface area contributed by atoms with E-state index in [4.69, 9.17) is 4.74 Å². The van der Waals surface area contributed by atoms with Crippen LogP contribution in [0.1, 0.15) is 56.1 Å². The largest absolute Gasteiger partial charge is 0.494 e. The van der Waals surface area contributed by atoms with Crippen molar-refractivity contribution in [3.05, 3.63) is 46.0 Å². The SMILES string of the molecule is CCOc1ccc2[nH]c(=O)c(C(c3nnnn3C3CCCC3)N3CCN(C)CC3)cc2c1. The number of hydrogen-bond donors (Lipinski definition) is 1. The minimum Gasteiger partial charge on any atom is -0.494 e. The molecule has 0 amide bonds. The number of pyridine rings is 1. The second kappa shape index (κ2) is 8.99. The highest BCUT2D eigenvalue weighted by Crippen LogP contribution is 2.34. The predicted octanol–water partition coefficient (Wildman–Crippen LogP) is 2.37. The Morgan fingerprint density at radius 3 is 2.69 bits per heavy atom. The van der Waals surface area contributed by atoms with Crippen LogP contribution in [0.2, 0.25) is 0 Å². The molecule has 1 aliphatic heterocycles. The van der Waals surface area contributed by atoms with Gasteiger partial charge in [0.2, 0.25) is 0 Å². The number of aromatic nitrogens is 5. The minimum absolute atomic E-state index is 0.0911. The van der Waals surface area contributed by atoms with E-state index in [0.29, 0.717) is 18.2 Å². The highest BCUT2D eigenvalue weighted by Gasteiger charge is 2.34. The number of rotatable bonds is 6. The first-order valence-electron chi connectivity index (χ1n) is 11.6. The molecular formula is C23H31N7O2. The topological polar surface area (TPSA) is 92.2 Å². The van der Waals surface area contributed by atoms with Crippen molar-refractivity contribution < 1.29 is 4.74 Å². The quantitative estimate of drug-likeness (QED) is 0.633. The zero-order chi connectivity index (χ0) is 22.1. The van der Waals surface area contributed by atoms with Crippen LogP contribution in [0.15, 0.2) is 29.1 Å². The number of H-pyrrole nitrogens is 1. The molecule has 0 bridgehead atoms. The lowest BCUT2D eigenvalue weighted by atomic mass is 10.0. The number of fused-ring (bicyclic) bond motifs is 1. The molecule has 1 aliphatic carbocycles. The number of hydrogen-bond acceptors (Lipinski definition) is 7. The summed E-state index contributed by atoms with van der Waals surface area (Å²) in [6.45, 7) is 6.17. The van der Waals surface area contributed by atoms with Gasteiger partial charge in [0.1, 0.15) is 11.8 Å². The Labute approximate surface area is 187 Å². The fraction of sp³-hybridized carbons (Fsp3) is 0.565. The monoisotopic (exact) mass is 437 g/mol. The van der Waals surface area contributed by atoms with Crippen molar-refractivity contribution in [1.29, 1.82) is 0 Å². The van der Waals surface area contributed by atoms with Gasteiger partial charge in [0.05, 0.1) is 12.6 Å². The fourth-order valence-electron chi connectivity index (χ4n) is 5.03. The summed E-state index contributed by atoms with van der Waals surface area (Å²) >= 11 is 0. The van der Waals surface area contributed by atoms with Crippen LogP contribution in [-0.4, -0.2) is 74.8 Å². The number of ether oxygens (including phenoxy) is 1. The van der Waals surface area contributed by atoms with Gasteiger partial charge >= 0.3 is 0 Å². The van der Waals surface area contributed by atoms with E-state index in [9.17, 15) is 4.79 Å². The third-order valence-corrected chi connectivity index (χ3v) is 6.79. The van der Waals surface area contributed by atoms with E-state index >= 15 is 0 Å². The summed E-state index contributed by atoms with van der Waals surface area (Å²) in [6.07, 6.45) is 4.55. The number of piperazine rings is 1. The highest BCUT2D eigenvalue weighted by atomic mass is 16.5. The van der Waals surface area contributed by atoms with E-state index in [1.807, 2.05) is 35.9 Å². The molecule has 0 spiro atoms. The molecule has 1 saturated carbocycles. The third-order valence-electron chi connectivity index (χ3n) is 6.79. The molecule has 2 aliphatic rings. The van der Waals surface area contributed by atoms with Crippen molar-refractivity contribution in [2.45, 2.75) is 44.7 Å². The Balaban J connectivity index is 1.62. The van der Waals surface area contributed by atoms with Crippen LogP contribution in [0.5, 0.6) is 5.75 Å². The van der Waals surface area contributed by atoms with Gasteiger partial charge in [0.15, 0.2) is 5.82 Å². The molecule has 1 aromatic carbocycles. The Hall–Kier alpha value is -2.78. The van der Waals surface area contributed by atoms with Crippen molar-refractivity contribution in [1.82, 2.24) is 35.0 Å². The molecule has 2 aromatic heterocycles. The van der Waals surface area contributed by atoms with E-state index in [-0.39, 0.29) is 11.6 Å². The van der Waals surface area contributed by atoms with Gasteiger partial charge < -0.3 is 14.6 Å². The van der Waals surface area contributed by atoms with Crippen LogP contribution in [0.4, 0.5) is 0 Å². The lowest BCUT2D eigenvalue weighted by Crippen LogP contribution is -2.47. The van der Waals surface area contributed by atoms with Crippen molar-refractivity contribution >= 4 is 10.9 Å². The van der Waals surface area contributed by atoms with Gasteiger partial charge in [-0.25, -0.2) is 4.68 Å². The average molecular weight is 438 g/mol. The standard InChI is InChI=1S/C23H31N7O2/c1-3-32-18-8-9-20-16(14-18)15-19(23(31)24-20)21(29-12-10-28(2)11-13-29)22-25-26-27-30(22)17-6-4-5-7-17/h8-9,14-15,17,21H,3-7,10-13H2,1-2H3,(H,24,31). The lowest BCUT2D eigenvalue weighted by Gasteiger charge is -2.37. The van der Waals surface area contributed by atoms with Gasteiger partial charge in [0, 0.05) is 42.6 Å². The third kappa shape index (κ3) is 4.02. The molecule has 0 radical (unpaired) electrons. The molecule has 5 rings (SSSR count). The van der Waals surface area contributed by atoms with Crippen LogP contribution in [-0.2, 0) is 0 Å². The smallest absolute Gasteiger partial charge is 0.253 e. The second-order valence-corrected chi connectivity index (χ2v) is 8.90.